The molecule has 2 rings (SSSR count). The van der Waals surface area contributed by atoms with Crippen molar-refractivity contribution in [2.45, 2.75) is 71.2 Å². The van der Waals surface area contributed by atoms with Gasteiger partial charge in [-0.3, -0.25) is 9.88 Å². The molecule has 0 atom stereocenters. The molecule has 2 aromatic rings. The number of nitrogens with zero attached hydrogens (tertiary/aromatic N) is 4. The van der Waals surface area contributed by atoms with E-state index in [9.17, 15) is 8.42 Å². The van der Waals surface area contributed by atoms with Gasteiger partial charge in [0.05, 0.1) is 23.3 Å². The van der Waals surface area contributed by atoms with Gasteiger partial charge in [-0.15, -0.1) is 0 Å². The number of aromatic nitrogens is 3. The molecule has 0 aromatic carbocycles. The summed E-state index contributed by atoms with van der Waals surface area (Å²) in [6, 6.07) is 5.87. The maximum absolute atomic E-state index is 12.9. The molecule has 0 saturated heterocycles. The molecule has 0 bridgehead atoms. The fraction of sp³-hybridized carbons (Fsp3) is 0.619. The molecule has 28 heavy (non-hydrogen) atoms. The van der Waals surface area contributed by atoms with Crippen LogP contribution in [0.3, 0.4) is 0 Å². The molecule has 0 amide bonds. The van der Waals surface area contributed by atoms with Crippen molar-refractivity contribution in [3.05, 3.63) is 42.0 Å². The molecule has 0 radical (unpaired) electrons. The quantitative estimate of drug-likeness (QED) is 0.534. The van der Waals surface area contributed by atoms with E-state index >= 15 is 0 Å². The molecule has 0 fully saturated rings. The number of sulfone groups is 1. The second-order valence-electron chi connectivity index (χ2n) is 7.89. The van der Waals surface area contributed by atoms with Crippen LogP contribution in [0.2, 0.25) is 0 Å². The summed E-state index contributed by atoms with van der Waals surface area (Å²) in [7, 11) is -1.35. The Morgan fingerprint density at radius 2 is 1.93 bits per heavy atom. The molecule has 0 spiro atoms. The monoisotopic (exact) mass is 406 g/mol. The lowest BCUT2D eigenvalue weighted by Gasteiger charge is -2.18. The average Bonchev–Trinajstić information content (AvgIpc) is 3.03. The van der Waals surface area contributed by atoms with Gasteiger partial charge in [0, 0.05) is 25.8 Å². The van der Waals surface area contributed by atoms with E-state index in [-0.39, 0.29) is 10.9 Å². The van der Waals surface area contributed by atoms with E-state index < -0.39 is 9.84 Å². The molecule has 7 heteroatoms. The Labute approximate surface area is 169 Å². The van der Waals surface area contributed by atoms with Gasteiger partial charge in [-0.25, -0.2) is 13.4 Å². The summed E-state index contributed by atoms with van der Waals surface area (Å²) in [6.45, 7) is 8.36. The van der Waals surface area contributed by atoms with E-state index in [1.807, 2.05) is 29.8 Å². The van der Waals surface area contributed by atoms with Crippen LogP contribution >= 0.6 is 0 Å². The Hall–Kier alpha value is -1.73. The first-order valence-corrected chi connectivity index (χ1v) is 11.8. The standard InChI is InChI=1S/C21H34N4O2S/c1-5-6-13-25-20(17-24(4)16-19-11-7-8-12-22-19)15-23-21(25)28(26,27)14-9-10-18(2)3/h7-8,11-12,15,18H,5-6,9-10,13-14,16-17H2,1-4H3. The first-order chi connectivity index (χ1) is 13.3. The highest BCUT2D eigenvalue weighted by atomic mass is 32.2. The van der Waals surface area contributed by atoms with Gasteiger partial charge in [-0.2, -0.15) is 0 Å². The Balaban J connectivity index is 2.15. The number of pyridine rings is 1. The Morgan fingerprint density at radius 1 is 1.14 bits per heavy atom. The van der Waals surface area contributed by atoms with Gasteiger partial charge in [0.25, 0.3) is 0 Å². The van der Waals surface area contributed by atoms with Crippen LogP contribution in [0.4, 0.5) is 0 Å². The first kappa shape index (κ1) is 22.6. The zero-order chi connectivity index (χ0) is 20.6. The Morgan fingerprint density at radius 3 is 2.57 bits per heavy atom. The summed E-state index contributed by atoms with van der Waals surface area (Å²) in [5.41, 5.74) is 1.93. The topological polar surface area (TPSA) is 68.1 Å². The number of rotatable bonds is 12. The summed E-state index contributed by atoms with van der Waals surface area (Å²) in [5, 5.41) is 0.228. The molecule has 0 unspecified atom stereocenters. The van der Waals surface area contributed by atoms with E-state index in [2.05, 4.69) is 35.6 Å². The van der Waals surface area contributed by atoms with Gasteiger partial charge in [0.15, 0.2) is 0 Å². The van der Waals surface area contributed by atoms with Crippen molar-refractivity contribution in [3.8, 4) is 0 Å². The summed E-state index contributed by atoms with van der Waals surface area (Å²) in [5.74, 6) is 0.670. The third-order valence-corrected chi connectivity index (χ3v) is 6.41. The third-order valence-electron chi connectivity index (χ3n) is 4.70. The molecule has 0 aliphatic carbocycles. The van der Waals surface area contributed by atoms with E-state index in [1.54, 1.807) is 12.4 Å². The molecule has 0 aliphatic rings. The summed E-state index contributed by atoms with van der Waals surface area (Å²) < 4.78 is 27.7. The van der Waals surface area contributed by atoms with E-state index in [0.29, 0.717) is 32.0 Å². The summed E-state index contributed by atoms with van der Waals surface area (Å²) in [4.78, 5) is 10.8. The maximum Gasteiger partial charge on any atom is 0.227 e. The maximum atomic E-state index is 12.9. The lowest BCUT2D eigenvalue weighted by atomic mass is 10.1. The van der Waals surface area contributed by atoms with Crippen LogP contribution in [0.1, 0.15) is 57.8 Å². The number of unbranched alkanes of at least 4 members (excludes halogenated alkanes) is 1. The second-order valence-corrected chi connectivity index (χ2v) is 9.89. The Kier molecular flexibility index (Phi) is 8.63. The average molecular weight is 407 g/mol. The van der Waals surface area contributed by atoms with Gasteiger partial charge in [-0.05, 0) is 44.4 Å². The molecule has 0 saturated carbocycles. The molecule has 0 aliphatic heterocycles. The van der Waals surface area contributed by atoms with Crippen molar-refractivity contribution >= 4 is 9.84 Å². The lowest BCUT2D eigenvalue weighted by Crippen LogP contribution is -2.22. The fourth-order valence-electron chi connectivity index (χ4n) is 3.20. The molecular formula is C21H34N4O2S. The zero-order valence-electron chi connectivity index (χ0n) is 17.6. The van der Waals surface area contributed by atoms with Gasteiger partial charge < -0.3 is 4.57 Å². The Bertz CT molecular complexity index is 816. The van der Waals surface area contributed by atoms with Crippen LogP contribution in [0.5, 0.6) is 0 Å². The molecule has 0 N–H and O–H groups in total. The van der Waals surface area contributed by atoms with Crippen LogP contribution in [-0.2, 0) is 29.5 Å². The molecule has 6 nitrogen and oxygen atoms in total. The molecule has 2 aromatic heterocycles. The van der Waals surface area contributed by atoms with Crippen molar-refractivity contribution in [2.24, 2.45) is 5.92 Å². The van der Waals surface area contributed by atoms with Crippen LogP contribution in [-0.4, -0.2) is 40.7 Å². The van der Waals surface area contributed by atoms with Crippen LogP contribution in [0, 0.1) is 5.92 Å². The van der Waals surface area contributed by atoms with Gasteiger partial charge in [0.1, 0.15) is 0 Å². The summed E-state index contributed by atoms with van der Waals surface area (Å²) >= 11 is 0. The minimum absolute atomic E-state index is 0.164. The molecular weight excluding hydrogens is 372 g/mol. The highest BCUT2D eigenvalue weighted by Gasteiger charge is 2.23. The smallest absolute Gasteiger partial charge is 0.227 e. The molecule has 156 valence electrons. The van der Waals surface area contributed by atoms with E-state index in [0.717, 1.165) is 30.7 Å². The highest BCUT2D eigenvalue weighted by Crippen LogP contribution is 2.18. The van der Waals surface area contributed by atoms with E-state index in [1.165, 1.54) is 0 Å². The SMILES string of the molecule is CCCCn1c(CN(C)Cc2ccccn2)cnc1S(=O)(=O)CCCC(C)C. The van der Waals surface area contributed by atoms with Crippen molar-refractivity contribution in [3.63, 3.8) is 0 Å². The normalized spacial score (nSPS) is 12.2. The van der Waals surface area contributed by atoms with E-state index in [4.69, 9.17) is 0 Å². The minimum atomic E-state index is -3.37. The van der Waals surface area contributed by atoms with Crippen LogP contribution in [0.15, 0.2) is 35.7 Å². The molecule has 2 heterocycles. The van der Waals surface area contributed by atoms with Gasteiger partial charge in [0.2, 0.25) is 15.0 Å². The number of hydrogen-bond acceptors (Lipinski definition) is 5. The van der Waals surface area contributed by atoms with Crippen molar-refractivity contribution < 1.29 is 8.42 Å². The number of hydrogen-bond donors (Lipinski definition) is 0. The van der Waals surface area contributed by atoms with Crippen molar-refractivity contribution in [2.75, 3.05) is 12.8 Å². The zero-order valence-corrected chi connectivity index (χ0v) is 18.5. The number of imidazole rings is 1. The van der Waals surface area contributed by atoms with Crippen LogP contribution < -0.4 is 0 Å². The van der Waals surface area contributed by atoms with Gasteiger partial charge in [-0.1, -0.05) is 33.3 Å². The first-order valence-electron chi connectivity index (χ1n) is 10.2. The van der Waals surface area contributed by atoms with Crippen molar-refractivity contribution in [1.82, 2.24) is 19.4 Å². The lowest BCUT2D eigenvalue weighted by molar-refractivity contribution is 0.303. The summed E-state index contributed by atoms with van der Waals surface area (Å²) in [6.07, 6.45) is 7.04. The third kappa shape index (κ3) is 6.71. The minimum Gasteiger partial charge on any atom is -0.318 e. The predicted molar refractivity (Wildman–Crippen MR) is 113 cm³/mol. The second kappa shape index (κ2) is 10.7. The van der Waals surface area contributed by atoms with Gasteiger partial charge >= 0.3 is 0 Å². The van der Waals surface area contributed by atoms with Crippen LogP contribution in [0.25, 0.3) is 0 Å². The predicted octanol–water partition coefficient (Wildman–Crippen LogP) is 3.92. The highest BCUT2D eigenvalue weighted by molar-refractivity contribution is 7.91. The van der Waals surface area contributed by atoms with Crippen molar-refractivity contribution in [1.29, 1.82) is 0 Å². The fourth-order valence-corrected chi connectivity index (χ4v) is 4.68. The largest absolute Gasteiger partial charge is 0.318 e.